The fraction of sp³-hybridized carbons (Fsp3) is 0.353. The van der Waals surface area contributed by atoms with Crippen molar-refractivity contribution in [2.24, 2.45) is 0 Å². The number of esters is 1. The number of thiocarbonyl (C=S) groups is 1. The van der Waals surface area contributed by atoms with Gasteiger partial charge in [-0.3, -0.25) is 14.5 Å². The van der Waals surface area contributed by atoms with Crippen LogP contribution >= 0.6 is 24.0 Å². The topological polar surface area (TPSA) is 46.6 Å². The Morgan fingerprint density at radius 3 is 2.61 bits per heavy atom. The Morgan fingerprint density at radius 2 is 2.00 bits per heavy atom. The highest BCUT2D eigenvalue weighted by Crippen LogP contribution is 2.32. The molecule has 1 aromatic rings. The zero-order valence-corrected chi connectivity index (χ0v) is 14.8. The number of ether oxygens (including phenoxy) is 1. The number of amides is 1. The van der Waals surface area contributed by atoms with Gasteiger partial charge in [0.1, 0.15) is 10.9 Å². The van der Waals surface area contributed by atoms with E-state index in [1.54, 1.807) is 6.08 Å². The molecule has 0 atom stereocenters. The second-order valence-electron chi connectivity index (χ2n) is 5.08. The SMILES string of the molecule is CCCOC(=O)CN1C(=O)C(=Cc2ccc(CC)cc2)SC1=S. The van der Waals surface area contributed by atoms with Crippen molar-refractivity contribution in [1.82, 2.24) is 4.90 Å². The van der Waals surface area contributed by atoms with E-state index in [0.717, 1.165) is 18.4 Å². The van der Waals surface area contributed by atoms with Gasteiger partial charge < -0.3 is 4.74 Å². The van der Waals surface area contributed by atoms with Crippen LogP contribution in [0.2, 0.25) is 0 Å². The maximum Gasteiger partial charge on any atom is 0.326 e. The predicted molar refractivity (Wildman–Crippen MR) is 96.9 cm³/mol. The van der Waals surface area contributed by atoms with E-state index in [1.807, 2.05) is 31.2 Å². The number of carbonyl (C=O) groups is 2. The molecular formula is C17H19NO3S2. The zero-order chi connectivity index (χ0) is 16.8. The molecule has 1 fully saturated rings. The zero-order valence-electron chi connectivity index (χ0n) is 13.2. The highest BCUT2D eigenvalue weighted by atomic mass is 32.2. The number of aryl methyl sites for hydroxylation is 1. The summed E-state index contributed by atoms with van der Waals surface area (Å²) in [5, 5.41) is 0. The van der Waals surface area contributed by atoms with E-state index in [-0.39, 0.29) is 12.5 Å². The van der Waals surface area contributed by atoms with Crippen LogP contribution in [0.1, 0.15) is 31.4 Å². The lowest BCUT2D eigenvalue weighted by Crippen LogP contribution is -2.34. The molecule has 4 nitrogen and oxygen atoms in total. The van der Waals surface area contributed by atoms with Crippen LogP contribution < -0.4 is 0 Å². The van der Waals surface area contributed by atoms with Crippen LogP contribution in [0.4, 0.5) is 0 Å². The van der Waals surface area contributed by atoms with Crippen LogP contribution in [0, 0.1) is 0 Å². The van der Waals surface area contributed by atoms with Crippen LogP contribution in [0.5, 0.6) is 0 Å². The van der Waals surface area contributed by atoms with Crippen molar-refractivity contribution >= 4 is 46.3 Å². The molecule has 23 heavy (non-hydrogen) atoms. The Bertz CT molecular complexity index is 638. The second kappa shape index (κ2) is 8.26. The number of hydrogen-bond acceptors (Lipinski definition) is 5. The van der Waals surface area contributed by atoms with Crippen LogP contribution in [0.15, 0.2) is 29.2 Å². The Hall–Kier alpha value is -1.66. The third-order valence-electron chi connectivity index (χ3n) is 3.31. The standard InChI is InChI=1S/C17H19NO3S2/c1-3-9-21-15(19)11-18-16(20)14(23-17(18)22)10-13-7-5-12(4-2)6-8-13/h5-8,10H,3-4,9,11H2,1-2H3. The molecule has 1 aliphatic rings. The van der Waals surface area contributed by atoms with Gasteiger partial charge in [-0.2, -0.15) is 0 Å². The Kier molecular flexibility index (Phi) is 6.36. The summed E-state index contributed by atoms with van der Waals surface area (Å²) >= 11 is 6.41. The van der Waals surface area contributed by atoms with Gasteiger partial charge in [0.25, 0.3) is 5.91 Å². The van der Waals surface area contributed by atoms with Crippen molar-refractivity contribution in [3.8, 4) is 0 Å². The maximum atomic E-state index is 12.4. The normalized spacial score (nSPS) is 16.3. The van der Waals surface area contributed by atoms with Crippen LogP contribution in [0.25, 0.3) is 6.08 Å². The molecule has 6 heteroatoms. The van der Waals surface area contributed by atoms with Gasteiger partial charge in [0.15, 0.2) is 0 Å². The number of hydrogen-bond donors (Lipinski definition) is 0. The summed E-state index contributed by atoms with van der Waals surface area (Å²) in [5.41, 5.74) is 2.18. The molecule has 1 heterocycles. The first-order valence-corrected chi connectivity index (χ1v) is 8.77. The summed E-state index contributed by atoms with van der Waals surface area (Å²) in [7, 11) is 0. The van der Waals surface area contributed by atoms with Gasteiger partial charge in [0, 0.05) is 0 Å². The van der Waals surface area contributed by atoms with Gasteiger partial charge in [-0.25, -0.2) is 0 Å². The molecule has 1 aliphatic heterocycles. The quantitative estimate of drug-likeness (QED) is 0.447. The van der Waals surface area contributed by atoms with Gasteiger partial charge in [-0.05, 0) is 30.0 Å². The van der Waals surface area contributed by atoms with E-state index in [9.17, 15) is 9.59 Å². The third kappa shape index (κ3) is 4.65. The largest absolute Gasteiger partial charge is 0.464 e. The van der Waals surface area contributed by atoms with Gasteiger partial charge in [-0.1, -0.05) is 62.1 Å². The van der Waals surface area contributed by atoms with E-state index in [0.29, 0.717) is 15.8 Å². The maximum absolute atomic E-state index is 12.4. The molecule has 0 spiro atoms. The third-order valence-corrected chi connectivity index (χ3v) is 4.69. The molecule has 0 aromatic heterocycles. The number of benzene rings is 1. The predicted octanol–water partition coefficient (Wildman–Crippen LogP) is 3.40. The molecule has 1 amide bonds. The molecule has 1 aromatic carbocycles. The van der Waals surface area contributed by atoms with Gasteiger partial charge in [-0.15, -0.1) is 0 Å². The summed E-state index contributed by atoms with van der Waals surface area (Å²) in [4.78, 5) is 25.9. The summed E-state index contributed by atoms with van der Waals surface area (Å²) in [6.45, 7) is 4.24. The van der Waals surface area contributed by atoms with E-state index >= 15 is 0 Å². The fourth-order valence-corrected chi connectivity index (χ4v) is 3.28. The molecule has 0 aliphatic carbocycles. The van der Waals surface area contributed by atoms with Gasteiger partial charge in [0.05, 0.1) is 11.5 Å². The molecule has 2 rings (SSSR count). The first-order valence-electron chi connectivity index (χ1n) is 7.55. The lowest BCUT2D eigenvalue weighted by atomic mass is 10.1. The van der Waals surface area contributed by atoms with Crippen molar-refractivity contribution in [3.05, 3.63) is 40.3 Å². The Labute approximate surface area is 145 Å². The van der Waals surface area contributed by atoms with Crippen molar-refractivity contribution in [2.45, 2.75) is 26.7 Å². The minimum Gasteiger partial charge on any atom is -0.464 e. The van der Waals surface area contributed by atoms with E-state index in [2.05, 4.69) is 6.92 Å². The molecule has 122 valence electrons. The lowest BCUT2D eigenvalue weighted by molar-refractivity contribution is -0.146. The summed E-state index contributed by atoms with van der Waals surface area (Å²) in [6.07, 6.45) is 3.52. The van der Waals surface area contributed by atoms with Crippen LogP contribution in [0.3, 0.4) is 0 Å². The molecule has 0 unspecified atom stereocenters. The van der Waals surface area contributed by atoms with Gasteiger partial charge >= 0.3 is 5.97 Å². The summed E-state index contributed by atoms with van der Waals surface area (Å²) in [6, 6.07) is 8.02. The minimum absolute atomic E-state index is 0.128. The molecule has 0 saturated carbocycles. The van der Waals surface area contributed by atoms with Crippen molar-refractivity contribution in [3.63, 3.8) is 0 Å². The Balaban J connectivity index is 2.07. The Morgan fingerprint density at radius 1 is 1.30 bits per heavy atom. The monoisotopic (exact) mass is 349 g/mol. The first kappa shape index (κ1) is 17.7. The van der Waals surface area contributed by atoms with Crippen molar-refractivity contribution in [2.75, 3.05) is 13.2 Å². The number of thioether (sulfide) groups is 1. The van der Waals surface area contributed by atoms with E-state index < -0.39 is 5.97 Å². The van der Waals surface area contributed by atoms with Crippen molar-refractivity contribution < 1.29 is 14.3 Å². The van der Waals surface area contributed by atoms with E-state index in [4.69, 9.17) is 17.0 Å². The highest BCUT2D eigenvalue weighted by molar-refractivity contribution is 8.26. The lowest BCUT2D eigenvalue weighted by Gasteiger charge is -2.13. The molecule has 0 bridgehead atoms. The highest BCUT2D eigenvalue weighted by Gasteiger charge is 2.33. The average molecular weight is 349 g/mol. The van der Waals surface area contributed by atoms with Gasteiger partial charge in [0.2, 0.25) is 0 Å². The smallest absolute Gasteiger partial charge is 0.326 e. The molecule has 0 radical (unpaired) electrons. The average Bonchev–Trinajstić information content (AvgIpc) is 2.81. The molecular weight excluding hydrogens is 330 g/mol. The summed E-state index contributed by atoms with van der Waals surface area (Å²) in [5.74, 6) is -0.676. The van der Waals surface area contributed by atoms with Crippen molar-refractivity contribution in [1.29, 1.82) is 0 Å². The fourth-order valence-electron chi connectivity index (χ4n) is 2.03. The molecule has 0 N–H and O–H groups in total. The number of carbonyl (C=O) groups excluding carboxylic acids is 2. The number of nitrogens with zero attached hydrogens (tertiary/aromatic N) is 1. The summed E-state index contributed by atoms with van der Waals surface area (Å²) < 4.78 is 5.40. The first-order chi connectivity index (χ1) is 11.0. The second-order valence-corrected chi connectivity index (χ2v) is 6.76. The minimum atomic E-state index is -0.434. The van der Waals surface area contributed by atoms with Crippen LogP contribution in [-0.2, 0) is 20.7 Å². The van der Waals surface area contributed by atoms with Crippen LogP contribution in [-0.4, -0.2) is 34.2 Å². The molecule has 1 saturated heterocycles. The number of rotatable bonds is 6. The van der Waals surface area contributed by atoms with E-state index in [1.165, 1.54) is 22.2 Å².